The first-order valence-corrected chi connectivity index (χ1v) is 5.45. The van der Waals surface area contributed by atoms with Gasteiger partial charge in [0, 0.05) is 11.6 Å². The van der Waals surface area contributed by atoms with Crippen LogP contribution in [-0.2, 0) is 0 Å². The third-order valence-electron chi connectivity index (χ3n) is 1.98. The molecule has 1 aromatic carbocycles. The molecular formula is C8H5BrN2O2S. The third-order valence-corrected chi connectivity index (χ3v) is 3.53. The van der Waals surface area contributed by atoms with Crippen LogP contribution in [0.3, 0.4) is 0 Å². The van der Waals surface area contributed by atoms with Crippen LogP contribution in [0.1, 0.15) is 5.56 Å². The van der Waals surface area contributed by atoms with Gasteiger partial charge in [-0.15, -0.1) is 11.3 Å². The van der Waals surface area contributed by atoms with Crippen LogP contribution in [0.4, 0.5) is 5.69 Å². The maximum atomic E-state index is 10.7. The highest BCUT2D eigenvalue weighted by Crippen LogP contribution is 2.34. The maximum Gasteiger partial charge on any atom is 0.275 e. The fourth-order valence-corrected chi connectivity index (χ4v) is 2.75. The molecule has 4 nitrogen and oxygen atoms in total. The zero-order chi connectivity index (χ0) is 10.3. The van der Waals surface area contributed by atoms with Gasteiger partial charge >= 0.3 is 0 Å². The molecule has 0 aliphatic carbocycles. The Morgan fingerprint density at radius 2 is 2.36 bits per heavy atom. The average molecular weight is 273 g/mol. The summed E-state index contributed by atoms with van der Waals surface area (Å²) < 4.78 is 1.54. The van der Waals surface area contributed by atoms with Gasteiger partial charge < -0.3 is 0 Å². The van der Waals surface area contributed by atoms with E-state index in [9.17, 15) is 10.1 Å². The zero-order valence-corrected chi connectivity index (χ0v) is 9.55. The Bertz CT molecular complexity index is 523. The van der Waals surface area contributed by atoms with E-state index in [4.69, 9.17) is 0 Å². The second-order valence-corrected chi connectivity index (χ2v) is 4.50. The Kier molecular flexibility index (Phi) is 2.24. The highest BCUT2D eigenvalue weighted by Gasteiger charge is 2.17. The number of aryl methyl sites for hydroxylation is 1. The molecule has 2 aromatic rings. The highest BCUT2D eigenvalue weighted by molar-refractivity contribution is 9.10. The first-order chi connectivity index (χ1) is 6.61. The molecule has 0 atom stereocenters. The van der Waals surface area contributed by atoms with Crippen molar-refractivity contribution < 1.29 is 4.92 Å². The highest BCUT2D eigenvalue weighted by atomic mass is 79.9. The van der Waals surface area contributed by atoms with Crippen molar-refractivity contribution in [1.82, 2.24) is 4.98 Å². The molecule has 0 spiro atoms. The molecule has 0 unspecified atom stereocenters. The lowest BCUT2D eigenvalue weighted by Gasteiger charge is -1.99. The van der Waals surface area contributed by atoms with Gasteiger partial charge in [-0.25, -0.2) is 4.98 Å². The van der Waals surface area contributed by atoms with Crippen LogP contribution in [0.25, 0.3) is 10.2 Å². The monoisotopic (exact) mass is 272 g/mol. The molecule has 6 heteroatoms. The standard InChI is InChI=1S/C8H5BrN2O2S/c1-4-6(11(12)13)2-5(9)7-8(4)14-3-10-7/h2-3H,1H3. The SMILES string of the molecule is Cc1c([N+](=O)[O-])cc(Br)c2ncsc12. The summed E-state index contributed by atoms with van der Waals surface area (Å²) in [5.41, 5.74) is 3.29. The fourth-order valence-electron chi connectivity index (χ4n) is 1.28. The van der Waals surface area contributed by atoms with Gasteiger partial charge in [-0.1, -0.05) is 0 Å². The molecule has 0 aliphatic heterocycles. The van der Waals surface area contributed by atoms with Crippen LogP contribution in [-0.4, -0.2) is 9.91 Å². The van der Waals surface area contributed by atoms with Crippen LogP contribution >= 0.6 is 27.3 Å². The van der Waals surface area contributed by atoms with Gasteiger partial charge in [-0.3, -0.25) is 10.1 Å². The van der Waals surface area contributed by atoms with E-state index < -0.39 is 0 Å². The predicted octanol–water partition coefficient (Wildman–Crippen LogP) is 3.28. The molecule has 1 aromatic heterocycles. The maximum absolute atomic E-state index is 10.7. The zero-order valence-electron chi connectivity index (χ0n) is 7.15. The number of nitro groups is 1. The molecule has 72 valence electrons. The van der Waals surface area contributed by atoms with Crippen LogP contribution in [0, 0.1) is 17.0 Å². The molecule has 14 heavy (non-hydrogen) atoms. The number of fused-ring (bicyclic) bond motifs is 1. The topological polar surface area (TPSA) is 56.0 Å². The van der Waals surface area contributed by atoms with Crippen molar-refractivity contribution in [3.63, 3.8) is 0 Å². The lowest BCUT2D eigenvalue weighted by atomic mass is 10.2. The Morgan fingerprint density at radius 1 is 1.64 bits per heavy atom. The minimum Gasteiger partial charge on any atom is -0.258 e. The van der Waals surface area contributed by atoms with Crippen molar-refractivity contribution in [3.8, 4) is 0 Å². The van der Waals surface area contributed by atoms with E-state index in [0.29, 0.717) is 10.0 Å². The Hall–Kier alpha value is -1.01. The van der Waals surface area contributed by atoms with Crippen LogP contribution in [0.2, 0.25) is 0 Å². The van der Waals surface area contributed by atoms with E-state index in [-0.39, 0.29) is 10.6 Å². The molecular weight excluding hydrogens is 268 g/mol. The molecule has 0 radical (unpaired) electrons. The van der Waals surface area contributed by atoms with Crippen molar-refractivity contribution >= 4 is 43.2 Å². The van der Waals surface area contributed by atoms with Gasteiger partial charge in [0.15, 0.2) is 0 Å². The predicted molar refractivity (Wildman–Crippen MR) is 58.7 cm³/mol. The average Bonchev–Trinajstić information content (AvgIpc) is 2.59. The van der Waals surface area contributed by atoms with Gasteiger partial charge in [0.05, 0.1) is 25.1 Å². The van der Waals surface area contributed by atoms with Crippen molar-refractivity contribution in [2.75, 3.05) is 0 Å². The molecule has 0 bridgehead atoms. The Labute approximate surface area is 91.9 Å². The van der Waals surface area contributed by atoms with Crippen molar-refractivity contribution in [1.29, 1.82) is 0 Å². The first-order valence-electron chi connectivity index (χ1n) is 3.78. The van der Waals surface area contributed by atoms with Gasteiger partial charge in [0.2, 0.25) is 0 Å². The number of nitrogens with zero attached hydrogens (tertiary/aromatic N) is 2. The van der Waals surface area contributed by atoms with E-state index in [1.165, 1.54) is 17.4 Å². The molecule has 0 saturated heterocycles. The summed E-state index contributed by atoms with van der Waals surface area (Å²) in [7, 11) is 0. The number of benzene rings is 1. The quantitative estimate of drug-likeness (QED) is 0.591. The number of nitro benzene ring substituents is 1. The van der Waals surface area contributed by atoms with Crippen LogP contribution in [0.15, 0.2) is 16.0 Å². The third kappa shape index (κ3) is 1.31. The first kappa shape index (κ1) is 9.54. The second kappa shape index (κ2) is 3.29. The fraction of sp³-hybridized carbons (Fsp3) is 0.125. The van der Waals surface area contributed by atoms with Crippen LogP contribution < -0.4 is 0 Å². The summed E-state index contributed by atoms with van der Waals surface area (Å²) in [4.78, 5) is 14.5. The Balaban J connectivity index is 2.88. The summed E-state index contributed by atoms with van der Waals surface area (Å²) in [5.74, 6) is 0. The minimum atomic E-state index is -0.376. The molecule has 0 fully saturated rings. The van der Waals surface area contributed by atoms with Crippen molar-refractivity contribution in [2.24, 2.45) is 0 Å². The number of rotatable bonds is 1. The molecule has 2 rings (SSSR count). The second-order valence-electron chi connectivity index (χ2n) is 2.79. The van der Waals surface area contributed by atoms with E-state index >= 15 is 0 Å². The molecule has 0 aliphatic rings. The summed E-state index contributed by atoms with van der Waals surface area (Å²) in [6.45, 7) is 1.74. The van der Waals surface area contributed by atoms with Crippen molar-refractivity contribution in [2.45, 2.75) is 6.92 Å². The number of hydrogen-bond acceptors (Lipinski definition) is 4. The van der Waals surface area contributed by atoms with Gasteiger partial charge in [0.25, 0.3) is 5.69 Å². The summed E-state index contributed by atoms with van der Waals surface area (Å²) >= 11 is 4.68. The summed E-state index contributed by atoms with van der Waals surface area (Å²) in [5, 5.41) is 10.7. The Morgan fingerprint density at radius 3 is 3.00 bits per heavy atom. The molecule has 0 amide bonds. The van der Waals surface area contributed by atoms with Gasteiger partial charge in [-0.05, 0) is 22.9 Å². The van der Waals surface area contributed by atoms with Gasteiger partial charge in [-0.2, -0.15) is 0 Å². The molecule has 0 saturated carbocycles. The number of halogens is 1. The number of hydrogen-bond donors (Lipinski definition) is 0. The van der Waals surface area contributed by atoms with Crippen molar-refractivity contribution in [3.05, 3.63) is 31.7 Å². The largest absolute Gasteiger partial charge is 0.275 e. The molecule has 0 N–H and O–H groups in total. The summed E-state index contributed by atoms with van der Waals surface area (Å²) in [6.07, 6.45) is 0. The van der Waals surface area contributed by atoms with E-state index in [1.807, 2.05) is 0 Å². The van der Waals surface area contributed by atoms with Gasteiger partial charge in [0.1, 0.15) is 0 Å². The van der Waals surface area contributed by atoms with E-state index in [2.05, 4.69) is 20.9 Å². The molecule has 1 heterocycles. The normalized spacial score (nSPS) is 10.7. The minimum absolute atomic E-state index is 0.133. The lowest BCUT2D eigenvalue weighted by molar-refractivity contribution is -0.385. The van der Waals surface area contributed by atoms with Crippen LogP contribution in [0.5, 0.6) is 0 Å². The van der Waals surface area contributed by atoms with E-state index in [0.717, 1.165) is 10.2 Å². The smallest absolute Gasteiger partial charge is 0.258 e. The van der Waals surface area contributed by atoms with E-state index in [1.54, 1.807) is 12.4 Å². The number of thiazole rings is 1. The summed E-state index contributed by atoms with van der Waals surface area (Å²) in [6, 6.07) is 1.50. The number of aromatic nitrogens is 1. The lowest BCUT2D eigenvalue weighted by Crippen LogP contribution is -1.92.